The van der Waals surface area contributed by atoms with Crippen LogP contribution < -0.4 is 9.63 Å². The van der Waals surface area contributed by atoms with Crippen LogP contribution >= 0.6 is 0 Å². The van der Waals surface area contributed by atoms with Crippen molar-refractivity contribution < 1.29 is 4.73 Å². The van der Waals surface area contributed by atoms with Gasteiger partial charge in [0.15, 0.2) is 0 Å². The predicted octanol–water partition coefficient (Wildman–Crippen LogP) is 2.54. The Balaban J connectivity index is 1.82. The number of fused-ring (bicyclic) bond motifs is 3. The third kappa shape index (κ3) is 2.52. The zero-order valence-electron chi connectivity index (χ0n) is 15.2. The first-order valence-electron chi connectivity index (χ1n) is 9.24. The highest BCUT2D eigenvalue weighted by atomic mass is 16.5. The molecule has 1 fully saturated rings. The van der Waals surface area contributed by atoms with Crippen LogP contribution in [0.2, 0.25) is 0 Å². The molecule has 2 aromatic carbocycles. The molecule has 0 unspecified atom stereocenters. The molecule has 1 aliphatic rings. The van der Waals surface area contributed by atoms with Crippen LogP contribution in [0, 0.1) is 5.21 Å². The van der Waals surface area contributed by atoms with E-state index in [0.717, 1.165) is 47.8 Å². The molecule has 4 aromatic rings. The molecule has 0 radical (unpaired) electrons. The molecule has 27 heavy (non-hydrogen) atoms. The molecule has 0 bridgehead atoms. The van der Waals surface area contributed by atoms with Crippen molar-refractivity contribution in [2.45, 2.75) is 0 Å². The monoisotopic (exact) mass is 359 g/mol. The Kier molecular flexibility index (Phi) is 3.72. The largest absolute Gasteiger partial charge is 0.618 e. The molecule has 0 amide bonds. The quantitative estimate of drug-likeness (QED) is 0.408. The lowest BCUT2D eigenvalue weighted by atomic mass is 10.1. The van der Waals surface area contributed by atoms with Crippen molar-refractivity contribution in [2.75, 3.05) is 38.1 Å². The minimum atomic E-state index is 0.592. The number of rotatable bonds is 2. The fourth-order valence-electron chi connectivity index (χ4n) is 3.88. The summed E-state index contributed by atoms with van der Waals surface area (Å²) in [6.07, 6.45) is 1.90. The van der Waals surface area contributed by atoms with E-state index >= 15 is 0 Å². The molecule has 6 heteroatoms. The van der Waals surface area contributed by atoms with Gasteiger partial charge in [0.1, 0.15) is 11.3 Å². The summed E-state index contributed by atoms with van der Waals surface area (Å²) < 4.78 is 3.15. The molecule has 3 heterocycles. The normalized spacial score (nSPS) is 15.7. The Bertz CT molecular complexity index is 1110. The predicted molar refractivity (Wildman–Crippen MR) is 107 cm³/mol. The van der Waals surface area contributed by atoms with Gasteiger partial charge in [-0.15, -0.1) is 0 Å². The standard InChI is InChI=1S/C21H21N5O/c1-23-11-13-24(14-12-23)19-15-22-21-20(16-7-3-2-4-8-16)26(27)18-10-6-5-9-17(18)25(19)21/h2-10,15H,11-14H2,1H3. The van der Waals surface area contributed by atoms with Gasteiger partial charge in [-0.05, 0) is 25.2 Å². The maximum Gasteiger partial charge on any atom is 0.268 e. The number of anilines is 1. The molecule has 1 saturated heterocycles. The summed E-state index contributed by atoms with van der Waals surface area (Å²) in [7, 11) is 2.15. The molecule has 1 aliphatic heterocycles. The minimum absolute atomic E-state index is 0.592. The van der Waals surface area contributed by atoms with Gasteiger partial charge in [0.25, 0.3) is 5.69 Å². The Hall–Kier alpha value is -3.12. The van der Waals surface area contributed by atoms with E-state index in [2.05, 4.69) is 26.2 Å². The number of hydrogen-bond acceptors (Lipinski definition) is 4. The number of aromatic nitrogens is 3. The van der Waals surface area contributed by atoms with Gasteiger partial charge in [0.05, 0.1) is 11.8 Å². The van der Waals surface area contributed by atoms with Crippen LogP contribution in [-0.4, -0.2) is 47.5 Å². The number of para-hydroxylation sites is 2. The van der Waals surface area contributed by atoms with E-state index in [0.29, 0.717) is 16.9 Å². The molecular formula is C21H21N5O. The van der Waals surface area contributed by atoms with Gasteiger partial charge >= 0.3 is 0 Å². The first kappa shape index (κ1) is 16.1. The van der Waals surface area contributed by atoms with Crippen LogP contribution in [0.4, 0.5) is 5.82 Å². The highest BCUT2D eigenvalue weighted by Crippen LogP contribution is 2.29. The minimum Gasteiger partial charge on any atom is -0.618 e. The Morgan fingerprint density at radius 1 is 0.926 bits per heavy atom. The molecule has 2 aromatic heterocycles. The van der Waals surface area contributed by atoms with E-state index in [-0.39, 0.29) is 0 Å². The Morgan fingerprint density at radius 2 is 1.63 bits per heavy atom. The van der Waals surface area contributed by atoms with E-state index in [4.69, 9.17) is 0 Å². The molecule has 0 N–H and O–H groups in total. The molecule has 0 saturated carbocycles. The van der Waals surface area contributed by atoms with Crippen molar-refractivity contribution in [3.63, 3.8) is 0 Å². The SMILES string of the molecule is CN1CCN(c2cnc3c(-c4ccccc4)[n+]([O-])c4ccccc4n23)CC1. The molecule has 0 atom stereocenters. The fourth-order valence-corrected chi connectivity index (χ4v) is 3.88. The average molecular weight is 359 g/mol. The zero-order valence-corrected chi connectivity index (χ0v) is 15.2. The van der Waals surface area contributed by atoms with E-state index in [9.17, 15) is 5.21 Å². The third-order valence-corrected chi connectivity index (χ3v) is 5.37. The third-order valence-electron chi connectivity index (χ3n) is 5.37. The topological polar surface area (TPSA) is 50.7 Å². The van der Waals surface area contributed by atoms with Gasteiger partial charge in [0.2, 0.25) is 11.2 Å². The maximum absolute atomic E-state index is 13.2. The van der Waals surface area contributed by atoms with E-state index in [1.807, 2.05) is 60.8 Å². The van der Waals surface area contributed by atoms with Crippen LogP contribution in [-0.2, 0) is 0 Å². The van der Waals surface area contributed by atoms with Crippen molar-refractivity contribution in [3.05, 3.63) is 66.0 Å². The Morgan fingerprint density at radius 3 is 2.41 bits per heavy atom. The Labute approximate surface area is 157 Å². The van der Waals surface area contributed by atoms with Gasteiger partial charge in [0, 0.05) is 32.2 Å². The van der Waals surface area contributed by atoms with Crippen LogP contribution in [0.25, 0.3) is 27.9 Å². The second kappa shape index (κ2) is 6.25. The van der Waals surface area contributed by atoms with E-state index in [1.165, 1.54) is 0 Å². The van der Waals surface area contributed by atoms with Crippen LogP contribution in [0.15, 0.2) is 60.8 Å². The summed E-state index contributed by atoms with van der Waals surface area (Å²) in [5, 5.41) is 13.2. The number of imidazole rings is 1. The number of benzene rings is 2. The number of piperazine rings is 1. The number of hydrogen-bond donors (Lipinski definition) is 0. The van der Waals surface area contributed by atoms with Gasteiger partial charge in [-0.3, -0.25) is 4.40 Å². The summed E-state index contributed by atoms with van der Waals surface area (Å²) in [5.41, 5.74) is 3.70. The molecule has 136 valence electrons. The van der Waals surface area contributed by atoms with Crippen molar-refractivity contribution >= 4 is 22.5 Å². The van der Waals surface area contributed by atoms with Crippen molar-refractivity contribution in [1.82, 2.24) is 14.3 Å². The van der Waals surface area contributed by atoms with Gasteiger partial charge in [-0.1, -0.05) is 30.3 Å². The summed E-state index contributed by atoms with van der Waals surface area (Å²) in [5.74, 6) is 1.05. The average Bonchev–Trinajstić information content (AvgIpc) is 3.14. The first-order chi connectivity index (χ1) is 13.2. The number of nitrogens with zero attached hydrogens (tertiary/aromatic N) is 5. The van der Waals surface area contributed by atoms with Crippen molar-refractivity contribution in [3.8, 4) is 11.3 Å². The van der Waals surface area contributed by atoms with Gasteiger partial charge in [-0.25, -0.2) is 4.98 Å². The van der Waals surface area contributed by atoms with Crippen LogP contribution in [0.3, 0.4) is 0 Å². The highest BCUT2D eigenvalue weighted by molar-refractivity contribution is 5.84. The highest BCUT2D eigenvalue weighted by Gasteiger charge is 2.25. The zero-order chi connectivity index (χ0) is 18.4. The lowest BCUT2D eigenvalue weighted by Gasteiger charge is -2.33. The lowest BCUT2D eigenvalue weighted by molar-refractivity contribution is -0.564. The number of likely N-dealkylation sites (N-methyl/N-ethyl adjacent to an activating group) is 1. The molecule has 0 aliphatic carbocycles. The smallest absolute Gasteiger partial charge is 0.268 e. The molecule has 5 rings (SSSR count). The second-order valence-electron chi connectivity index (χ2n) is 7.06. The fraction of sp³-hybridized carbons (Fsp3) is 0.238. The van der Waals surface area contributed by atoms with E-state index in [1.54, 1.807) is 0 Å². The summed E-state index contributed by atoms with van der Waals surface area (Å²) in [4.78, 5) is 9.38. The molecular weight excluding hydrogens is 338 g/mol. The summed E-state index contributed by atoms with van der Waals surface area (Å²) in [6.45, 7) is 3.94. The van der Waals surface area contributed by atoms with Gasteiger partial charge in [-0.2, -0.15) is 4.73 Å². The lowest BCUT2D eigenvalue weighted by Crippen LogP contribution is -2.45. The van der Waals surface area contributed by atoms with Crippen LogP contribution in [0.5, 0.6) is 0 Å². The molecule has 0 spiro atoms. The van der Waals surface area contributed by atoms with Crippen LogP contribution in [0.1, 0.15) is 0 Å². The van der Waals surface area contributed by atoms with E-state index < -0.39 is 0 Å². The van der Waals surface area contributed by atoms with Gasteiger partial charge < -0.3 is 15.0 Å². The second-order valence-corrected chi connectivity index (χ2v) is 7.06. The first-order valence-corrected chi connectivity index (χ1v) is 9.24. The van der Waals surface area contributed by atoms with Crippen molar-refractivity contribution in [2.24, 2.45) is 0 Å². The summed E-state index contributed by atoms with van der Waals surface area (Å²) >= 11 is 0. The van der Waals surface area contributed by atoms with Crippen molar-refractivity contribution in [1.29, 1.82) is 0 Å². The maximum atomic E-state index is 13.2. The molecule has 6 nitrogen and oxygen atoms in total. The summed E-state index contributed by atoms with van der Waals surface area (Å²) in [6, 6.07) is 17.5.